The molecule has 5 heteroatoms. The highest BCUT2D eigenvalue weighted by Crippen LogP contribution is 2.16. The van der Waals surface area contributed by atoms with Crippen molar-refractivity contribution in [2.75, 3.05) is 0 Å². The molecule has 5 nitrogen and oxygen atoms in total. The molecule has 0 fully saturated rings. The van der Waals surface area contributed by atoms with E-state index in [4.69, 9.17) is 5.11 Å². The molecule has 0 amide bonds. The standard InChI is InChI=1S/C11H13NO4/c1-2-9(11(13)14)7-8-3-5-10(6-4-8)12(15)16/h3-6,9H,2,7H2,1H3,(H,13,14)/p+1. The quantitative estimate of drug-likeness (QED) is 0.615. The van der Waals surface area contributed by atoms with Gasteiger partial charge >= 0.3 is 7.40 Å². The summed E-state index contributed by atoms with van der Waals surface area (Å²) in [7, 11) is 0. The van der Waals surface area contributed by atoms with E-state index < -0.39 is 16.8 Å². The first-order valence-corrected chi connectivity index (χ1v) is 5.00. The molecule has 0 heterocycles. The lowest BCUT2D eigenvalue weighted by Gasteiger charge is -2.08. The Morgan fingerprint density at radius 3 is 2.44 bits per heavy atom. The molecule has 1 unspecified atom stereocenters. The average Bonchev–Trinajstić information content (AvgIpc) is 2.26. The summed E-state index contributed by atoms with van der Waals surface area (Å²) in [5, 5.41) is 19.3. The fraction of sp³-hybridized carbons (Fsp3) is 0.364. The number of carboxylic acid groups (broad SMARTS) is 1. The van der Waals surface area contributed by atoms with Gasteiger partial charge in [-0.3, -0.25) is 14.9 Å². The minimum absolute atomic E-state index is 0. The normalized spacial score (nSPS) is 12.1. The maximum absolute atomic E-state index is 10.8. The predicted octanol–water partition coefficient (Wildman–Crippen LogP) is 2.36. The third-order valence-corrected chi connectivity index (χ3v) is 2.47. The summed E-state index contributed by atoms with van der Waals surface area (Å²) >= 11 is 0. The molecule has 16 heavy (non-hydrogen) atoms. The monoisotopic (exact) mass is 224 g/mol. The van der Waals surface area contributed by atoms with Gasteiger partial charge in [-0.25, -0.2) is 0 Å². The van der Waals surface area contributed by atoms with Crippen LogP contribution in [0.3, 0.4) is 0 Å². The summed E-state index contributed by atoms with van der Waals surface area (Å²) in [6.07, 6.45) is 0.955. The SMILES string of the molecule is CCC(Cc1ccc([N+](=O)[O-])cc1)C(=O)O.[H+]. The Hall–Kier alpha value is -1.91. The van der Waals surface area contributed by atoms with Gasteiger partial charge in [0.1, 0.15) is 0 Å². The van der Waals surface area contributed by atoms with E-state index in [0.29, 0.717) is 12.8 Å². The van der Waals surface area contributed by atoms with Gasteiger partial charge in [-0.2, -0.15) is 0 Å². The molecule has 0 radical (unpaired) electrons. The molecule has 0 aliphatic heterocycles. The van der Waals surface area contributed by atoms with Crippen molar-refractivity contribution in [2.24, 2.45) is 5.92 Å². The number of nitro benzene ring substituents is 1. The first-order valence-electron chi connectivity index (χ1n) is 5.00. The minimum atomic E-state index is -0.833. The number of nitrogens with zero attached hydrogens (tertiary/aromatic N) is 1. The second kappa shape index (κ2) is 5.25. The zero-order valence-corrected chi connectivity index (χ0v) is 8.92. The van der Waals surface area contributed by atoms with Crippen LogP contribution < -0.4 is 0 Å². The highest BCUT2D eigenvalue weighted by atomic mass is 16.6. The van der Waals surface area contributed by atoms with E-state index in [1.54, 1.807) is 12.1 Å². The first-order chi connectivity index (χ1) is 7.54. The lowest BCUT2D eigenvalue weighted by atomic mass is 9.97. The molecule has 0 saturated carbocycles. The number of carboxylic acids is 1. The number of non-ortho nitro benzene ring substituents is 1. The van der Waals surface area contributed by atoms with Crippen LogP contribution in [0.1, 0.15) is 20.3 Å². The van der Waals surface area contributed by atoms with E-state index in [0.717, 1.165) is 5.56 Å². The predicted molar refractivity (Wildman–Crippen MR) is 59.3 cm³/mol. The van der Waals surface area contributed by atoms with Gasteiger partial charge in [0.25, 0.3) is 5.69 Å². The van der Waals surface area contributed by atoms with Crippen molar-refractivity contribution in [3.05, 3.63) is 39.9 Å². The Kier molecular flexibility index (Phi) is 3.99. The van der Waals surface area contributed by atoms with Gasteiger partial charge in [0.15, 0.2) is 0 Å². The summed E-state index contributed by atoms with van der Waals surface area (Å²) in [5.41, 5.74) is 0.826. The molecule has 0 bridgehead atoms. The molecule has 1 aromatic carbocycles. The smallest absolute Gasteiger partial charge is 0.481 e. The second-order valence-electron chi connectivity index (χ2n) is 3.57. The number of aliphatic carboxylic acids is 1. The van der Waals surface area contributed by atoms with Gasteiger partial charge in [0.05, 0.1) is 10.8 Å². The molecule has 0 saturated heterocycles. The Morgan fingerprint density at radius 1 is 1.50 bits per heavy atom. The van der Waals surface area contributed by atoms with Crippen LogP contribution in [0.4, 0.5) is 5.69 Å². The van der Waals surface area contributed by atoms with Crippen molar-refractivity contribution in [3.63, 3.8) is 0 Å². The number of rotatable bonds is 5. The van der Waals surface area contributed by atoms with Crippen LogP contribution >= 0.6 is 0 Å². The molecule has 0 spiro atoms. The van der Waals surface area contributed by atoms with Crippen molar-refractivity contribution in [1.29, 1.82) is 0 Å². The van der Waals surface area contributed by atoms with Gasteiger partial charge in [0, 0.05) is 12.1 Å². The van der Waals surface area contributed by atoms with Crippen molar-refractivity contribution < 1.29 is 16.3 Å². The number of hydrogen-bond acceptors (Lipinski definition) is 3. The minimum Gasteiger partial charge on any atom is -0.481 e. The van der Waals surface area contributed by atoms with E-state index in [1.165, 1.54) is 12.1 Å². The summed E-state index contributed by atoms with van der Waals surface area (Å²) in [6.45, 7) is 1.81. The number of benzene rings is 1. The topological polar surface area (TPSA) is 80.4 Å². The van der Waals surface area contributed by atoms with Gasteiger partial charge in [-0.1, -0.05) is 19.1 Å². The van der Waals surface area contributed by atoms with Crippen molar-refractivity contribution >= 4 is 11.7 Å². The zero-order chi connectivity index (χ0) is 12.1. The number of hydrogen-bond donors (Lipinski definition) is 1. The first kappa shape index (κ1) is 12.2. The number of nitro groups is 1. The third-order valence-electron chi connectivity index (χ3n) is 2.47. The molecule has 1 atom stereocenters. The summed E-state index contributed by atoms with van der Waals surface area (Å²) < 4.78 is 0. The molecular weight excluding hydrogens is 210 g/mol. The molecule has 1 aromatic rings. The molecule has 0 aliphatic carbocycles. The van der Waals surface area contributed by atoms with Crippen LogP contribution in [0.15, 0.2) is 24.3 Å². The lowest BCUT2D eigenvalue weighted by Crippen LogP contribution is -2.15. The second-order valence-corrected chi connectivity index (χ2v) is 3.57. The molecule has 0 aliphatic rings. The lowest BCUT2D eigenvalue weighted by molar-refractivity contribution is -0.384. The Labute approximate surface area is 94.3 Å². The molecule has 86 valence electrons. The van der Waals surface area contributed by atoms with Crippen LogP contribution in [0.2, 0.25) is 0 Å². The van der Waals surface area contributed by atoms with Crippen molar-refractivity contribution in [1.82, 2.24) is 0 Å². The maximum Gasteiger partial charge on any atom is 1.00 e. The van der Waals surface area contributed by atoms with Crippen LogP contribution in [0.25, 0.3) is 0 Å². The zero-order valence-electron chi connectivity index (χ0n) is 9.92. The molecule has 1 N–H and O–H groups in total. The van der Waals surface area contributed by atoms with Gasteiger partial charge < -0.3 is 5.11 Å². The fourth-order valence-electron chi connectivity index (χ4n) is 1.44. The van der Waals surface area contributed by atoms with Gasteiger partial charge in [-0.15, -0.1) is 0 Å². The van der Waals surface area contributed by atoms with E-state index in [1.807, 2.05) is 6.92 Å². The largest absolute Gasteiger partial charge is 1.00 e. The van der Waals surface area contributed by atoms with Crippen LogP contribution in [-0.4, -0.2) is 16.0 Å². The van der Waals surface area contributed by atoms with E-state index in [2.05, 4.69) is 0 Å². The number of carbonyl (C=O) groups is 1. The van der Waals surface area contributed by atoms with E-state index in [9.17, 15) is 14.9 Å². The van der Waals surface area contributed by atoms with Crippen molar-refractivity contribution in [2.45, 2.75) is 19.8 Å². The molecular formula is C11H14NO4+. The van der Waals surface area contributed by atoms with Gasteiger partial charge in [-0.05, 0) is 18.4 Å². The summed E-state index contributed by atoms with van der Waals surface area (Å²) in [6, 6.07) is 5.99. The Bertz CT molecular complexity index is 391. The maximum atomic E-state index is 10.8. The van der Waals surface area contributed by atoms with Gasteiger partial charge in [0.2, 0.25) is 0 Å². The molecule has 1 rings (SSSR count). The summed E-state index contributed by atoms with van der Waals surface area (Å²) in [4.78, 5) is 20.7. The Morgan fingerprint density at radius 2 is 2.06 bits per heavy atom. The van der Waals surface area contributed by atoms with Crippen LogP contribution in [0, 0.1) is 16.0 Å². The van der Waals surface area contributed by atoms with Crippen molar-refractivity contribution in [3.8, 4) is 0 Å². The van der Waals surface area contributed by atoms with E-state index >= 15 is 0 Å². The van der Waals surface area contributed by atoms with E-state index in [-0.39, 0.29) is 7.11 Å². The molecule has 0 aromatic heterocycles. The fourth-order valence-corrected chi connectivity index (χ4v) is 1.44. The highest BCUT2D eigenvalue weighted by molar-refractivity contribution is 5.70. The highest BCUT2D eigenvalue weighted by Gasteiger charge is 2.15. The third kappa shape index (κ3) is 3.05. The Balaban J connectivity index is 0.00000256. The van der Waals surface area contributed by atoms with Crippen LogP contribution in [-0.2, 0) is 11.2 Å². The van der Waals surface area contributed by atoms with Crippen LogP contribution in [0.5, 0.6) is 0 Å². The average molecular weight is 224 g/mol. The summed E-state index contributed by atoms with van der Waals surface area (Å²) in [5.74, 6) is -1.26.